The van der Waals surface area contributed by atoms with Gasteiger partial charge in [0.2, 0.25) is 0 Å². The molecule has 0 aromatic heterocycles. The molecule has 1 atom stereocenters. The number of hydrogen-bond donors (Lipinski definition) is 2. The van der Waals surface area contributed by atoms with Crippen molar-refractivity contribution in [1.82, 2.24) is 5.32 Å². The number of methoxy groups -OCH3 is 1. The van der Waals surface area contributed by atoms with Crippen LogP contribution in [0.25, 0.3) is 6.08 Å². The summed E-state index contributed by atoms with van der Waals surface area (Å²) >= 11 is 8.18. The molecular formula is C17H13Br2FN2O2S. The smallest absolute Gasteiger partial charge is 0.260 e. The SMILES string of the molecule is COc1c(Br)cc(/C=C2\SC(Nc3ccccc3F)NC2=O)cc1Br. The van der Waals surface area contributed by atoms with Crippen molar-refractivity contribution in [3.05, 3.63) is 61.6 Å². The van der Waals surface area contributed by atoms with Crippen LogP contribution in [0.4, 0.5) is 10.1 Å². The number of halogens is 3. The van der Waals surface area contributed by atoms with E-state index in [-0.39, 0.29) is 11.7 Å². The van der Waals surface area contributed by atoms with Crippen LogP contribution in [-0.4, -0.2) is 18.5 Å². The van der Waals surface area contributed by atoms with Gasteiger partial charge in [-0.3, -0.25) is 4.79 Å². The Kier molecular flexibility index (Phi) is 5.71. The first kappa shape index (κ1) is 18.3. The van der Waals surface area contributed by atoms with Crippen LogP contribution in [0.3, 0.4) is 0 Å². The number of benzene rings is 2. The van der Waals surface area contributed by atoms with Crippen LogP contribution in [0.1, 0.15) is 5.56 Å². The van der Waals surface area contributed by atoms with Crippen LogP contribution < -0.4 is 15.4 Å². The quantitative estimate of drug-likeness (QED) is 0.598. The van der Waals surface area contributed by atoms with Crippen LogP contribution in [0.2, 0.25) is 0 Å². The molecule has 25 heavy (non-hydrogen) atoms. The van der Waals surface area contributed by atoms with Crippen molar-refractivity contribution >= 4 is 61.3 Å². The summed E-state index contributed by atoms with van der Waals surface area (Å²) in [5.74, 6) is 0.115. The summed E-state index contributed by atoms with van der Waals surface area (Å²) in [5, 5.41) is 5.75. The minimum Gasteiger partial charge on any atom is -0.494 e. The summed E-state index contributed by atoms with van der Waals surface area (Å²) in [5.41, 5.74) is 0.751. The molecule has 0 aliphatic carbocycles. The van der Waals surface area contributed by atoms with Crippen LogP contribution in [-0.2, 0) is 4.79 Å². The third-order valence-corrected chi connectivity index (χ3v) is 5.62. The van der Waals surface area contributed by atoms with Gasteiger partial charge in [-0.25, -0.2) is 4.39 Å². The molecule has 130 valence electrons. The average molecular weight is 488 g/mol. The Labute approximate surface area is 165 Å². The van der Waals surface area contributed by atoms with Crippen molar-refractivity contribution in [2.75, 3.05) is 12.4 Å². The fraction of sp³-hybridized carbons (Fsp3) is 0.118. The highest BCUT2D eigenvalue weighted by Gasteiger charge is 2.27. The van der Waals surface area contributed by atoms with Crippen LogP contribution >= 0.6 is 43.6 Å². The molecule has 0 bridgehead atoms. The predicted octanol–water partition coefficient (Wildman–Crippen LogP) is 4.96. The molecule has 0 saturated carbocycles. The molecule has 0 radical (unpaired) electrons. The van der Waals surface area contributed by atoms with Gasteiger partial charge in [0.15, 0.2) is 5.50 Å². The van der Waals surface area contributed by atoms with Crippen molar-refractivity contribution in [3.8, 4) is 5.75 Å². The largest absolute Gasteiger partial charge is 0.494 e. The summed E-state index contributed by atoms with van der Waals surface area (Å²) < 4.78 is 20.6. The summed E-state index contributed by atoms with van der Waals surface area (Å²) in [6.07, 6.45) is 1.78. The van der Waals surface area contributed by atoms with E-state index in [1.165, 1.54) is 17.8 Å². The molecule has 2 aromatic rings. The standard InChI is InChI=1S/C17H13Br2FN2O2S/c1-24-15-10(18)6-9(7-11(15)19)8-14-16(23)22-17(25-14)21-13-5-3-2-4-12(13)20/h2-8,17,21H,1H3,(H,22,23)/b14-8-. The second-order valence-corrected chi connectivity index (χ2v) is 7.98. The minimum absolute atomic E-state index is 0.207. The Bertz CT molecular complexity index is 837. The van der Waals surface area contributed by atoms with E-state index in [9.17, 15) is 9.18 Å². The van der Waals surface area contributed by atoms with Crippen molar-refractivity contribution in [3.63, 3.8) is 0 Å². The highest BCUT2D eigenvalue weighted by atomic mass is 79.9. The molecule has 0 spiro atoms. The normalized spacial score (nSPS) is 18.3. The van der Waals surface area contributed by atoms with E-state index in [0.717, 1.165) is 14.5 Å². The molecule has 3 rings (SSSR count). The molecule has 8 heteroatoms. The maximum Gasteiger partial charge on any atom is 0.260 e. The Hall–Kier alpha value is -1.51. The van der Waals surface area contributed by atoms with Crippen molar-refractivity contribution in [2.24, 2.45) is 0 Å². The summed E-state index contributed by atoms with van der Waals surface area (Å²) in [4.78, 5) is 12.7. The number of thioether (sulfide) groups is 1. The van der Waals surface area contributed by atoms with E-state index in [0.29, 0.717) is 16.3 Å². The number of amides is 1. The summed E-state index contributed by atoms with van der Waals surface area (Å²) in [7, 11) is 1.59. The number of para-hydroxylation sites is 1. The lowest BCUT2D eigenvalue weighted by atomic mass is 10.2. The number of ether oxygens (including phenoxy) is 1. The Morgan fingerprint density at radius 2 is 1.96 bits per heavy atom. The molecular weight excluding hydrogens is 475 g/mol. The van der Waals surface area contributed by atoms with Gasteiger partial charge in [-0.15, -0.1) is 0 Å². The molecule has 1 heterocycles. The molecule has 2 N–H and O–H groups in total. The van der Waals surface area contributed by atoms with Gasteiger partial charge in [0.05, 0.1) is 26.6 Å². The number of nitrogens with one attached hydrogen (secondary N) is 2. The van der Waals surface area contributed by atoms with E-state index in [4.69, 9.17) is 4.74 Å². The van der Waals surface area contributed by atoms with Gasteiger partial charge in [0, 0.05) is 0 Å². The highest BCUT2D eigenvalue weighted by molar-refractivity contribution is 9.11. The van der Waals surface area contributed by atoms with Crippen molar-refractivity contribution in [1.29, 1.82) is 0 Å². The maximum absolute atomic E-state index is 13.7. The van der Waals surface area contributed by atoms with Gasteiger partial charge in [0.25, 0.3) is 5.91 Å². The lowest BCUT2D eigenvalue weighted by Gasteiger charge is -2.13. The van der Waals surface area contributed by atoms with Crippen LogP contribution in [0, 0.1) is 5.82 Å². The van der Waals surface area contributed by atoms with Gasteiger partial charge >= 0.3 is 0 Å². The second kappa shape index (κ2) is 7.80. The van der Waals surface area contributed by atoms with Gasteiger partial charge < -0.3 is 15.4 Å². The molecule has 1 saturated heterocycles. The van der Waals surface area contributed by atoms with E-state index < -0.39 is 5.50 Å². The highest BCUT2D eigenvalue weighted by Crippen LogP contribution is 2.37. The Morgan fingerprint density at radius 3 is 2.60 bits per heavy atom. The number of carbonyl (C=O) groups is 1. The fourth-order valence-electron chi connectivity index (χ4n) is 2.29. The first-order valence-corrected chi connectivity index (χ1v) is 9.68. The third kappa shape index (κ3) is 4.19. The number of anilines is 1. The first-order valence-electron chi connectivity index (χ1n) is 7.21. The lowest BCUT2D eigenvalue weighted by molar-refractivity contribution is -0.116. The fourth-order valence-corrected chi connectivity index (χ4v) is 4.82. The van der Waals surface area contributed by atoms with E-state index in [1.54, 1.807) is 31.4 Å². The van der Waals surface area contributed by atoms with Crippen LogP contribution in [0.15, 0.2) is 50.2 Å². The van der Waals surface area contributed by atoms with Gasteiger partial charge in [-0.05, 0) is 67.8 Å². The molecule has 1 fully saturated rings. The number of rotatable bonds is 4. The predicted molar refractivity (Wildman–Crippen MR) is 106 cm³/mol. The van der Waals surface area contributed by atoms with E-state index in [1.807, 2.05) is 12.1 Å². The average Bonchev–Trinajstić information content (AvgIpc) is 2.89. The number of hydrogen-bond acceptors (Lipinski definition) is 4. The minimum atomic E-state index is -0.430. The lowest BCUT2D eigenvalue weighted by Crippen LogP contribution is -2.31. The van der Waals surface area contributed by atoms with Crippen LogP contribution in [0.5, 0.6) is 5.75 Å². The zero-order valence-corrected chi connectivity index (χ0v) is 17.0. The molecule has 4 nitrogen and oxygen atoms in total. The molecule has 1 aliphatic rings. The topological polar surface area (TPSA) is 50.4 Å². The first-order chi connectivity index (χ1) is 12.0. The Balaban J connectivity index is 1.79. The Morgan fingerprint density at radius 1 is 1.28 bits per heavy atom. The van der Waals surface area contributed by atoms with Crippen molar-refractivity contribution in [2.45, 2.75) is 5.50 Å². The zero-order valence-electron chi connectivity index (χ0n) is 13.0. The van der Waals surface area contributed by atoms with Gasteiger partial charge in [0.1, 0.15) is 11.6 Å². The van der Waals surface area contributed by atoms with Crippen molar-refractivity contribution < 1.29 is 13.9 Å². The van der Waals surface area contributed by atoms with E-state index in [2.05, 4.69) is 42.5 Å². The van der Waals surface area contributed by atoms with E-state index >= 15 is 0 Å². The molecule has 1 unspecified atom stereocenters. The molecule has 1 amide bonds. The van der Waals surface area contributed by atoms with Gasteiger partial charge in [-0.2, -0.15) is 0 Å². The molecule has 2 aromatic carbocycles. The number of carbonyl (C=O) groups excluding carboxylic acids is 1. The monoisotopic (exact) mass is 486 g/mol. The third-order valence-electron chi connectivity index (χ3n) is 3.41. The van der Waals surface area contributed by atoms with Gasteiger partial charge in [-0.1, -0.05) is 23.9 Å². The second-order valence-electron chi connectivity index (χ2n) is 5.12. The summed E-state index contributed by atoms with van der Waals surface area (Å²) in [6, 6.07) is 10.1. The zero-order chi connectivity index (χ0) is 18.0. The molecule has 1 aliphatic heterocycles. The summed E-state index contributed by atoms with van der Waals surface area (Å²) in [6.45, 7) is 0. The maximum atomic E-state index is 13.7.